The van der Waals surface area contributed by atoms with E-state index in [1.54, 1.807) is 0 Å². The van der Waals surface area contributed by atoms with Gasteiger partial charge in [-0.3, -0.25) is 4.79 Å². The number of hydrogen-bond donors (Lipinski definition) is 0. The highest BCUT2D eigenvalue weighted by atomic mass is 35.5. The van der Waals surface area contributed by atoms with Crippen molar-refractivity contribution in [2.24, 2.45) is 11.3 Å². The van der Waals surface area contributed by atoms with E-state index in [1.807, 2.05) is 26.0 Å². The standard InChI is InChI=1S/C14H21ClO2S/c1-5-17-13(16)14(4,8-10(2)3)9-11-6-7-12(15)18-11/h6-7,10H,5,8-9H2,1-4H3. The van der Waals surface area contributed by atoms with Crippen molar-refractivity contribution >= 4 is 28.9 Å². The van der Waals surface area contributed by atoms with Crippen molar-refractivity contribution in [1.29, 1.82) is 0 Å². The Kier molecular flexibility index (Phi) is 5.67. The lowest BCUT2D eigenvalue weighted by Crippen LogP contribution is -2.33. The average molecular weight is 289 g/mol. The molecule has 4 heteroatoms. The summed E-state index contributed by atoms with van der Waals surface area (Å²) in [5.74, 6) is 0.345. The first kappa shape index (κ1) is 15.5. The Bertz CT molecular complexity index is 400. The minimum absolute atomic E-state index is 0.108. The second-order valence-electron chi connectivity index (χ2n) is 5.26. The van der Waals surface area contributed by atoms with Crippen LogP contribution in [0.3, 0.4) is 0 Å². The molecule has 1 unspecified atom stereocenters. The first-order valence-corrected chi connectivity index (χ1v) is 7.48. The van der Waals surface area contributed by atoms with E-state index in [4.69, 9.17) is 16.3 Å². The summed E-state index contributed by atoms with van der Waals surface area (Å²) in [6.45, 7) is 8.50. The summed E-state index contributed by atoms with van der Waals surface area (Å²) in [5, 5.41) is 0. The molecule has 1 atom stereocenters. The molecule has 0 aliphatic heterocycles. The molecule has 0 bridgehead atoms. The van der Waals surface area contributed by atoms with Gasteiger partial charge >= 0.3 is 5.97 Å². The van der Waals surface area contributed by atoms with Crippen LogP contribution < -0.4 is 0 Å². The van der Waals surface area contributed by atoms with E-state index < -0.39 is 5.41 Å². The number of carbonyl (C=O) groups excluding carboxylic acids is 1. The van der Waals surface area contributed by atoms with Crippen LogP contribution in [0.1, 0.15) is 39.0 Å². The Balaban J connectivity index is 2.86. The first-order chi connectivity index (χ1) is 8.37. The van der Waals surface area contributed by atoms with Crippen molar-refractivity contribution in [3.63, 3.8) is 0 Å². The monoisotopic (exact) mass is 288 g/mol. The van der Waals surface area contributed by atoms with Gasteiger partial charge in [0.15, 0.2) is 0 Å². The lowest BCUT2D eigenvalue weighted by Gasteiger charge is -2.28. The molecule has 0 amide bonds. The van der Waals surface area contributed by atoms with Crippen molar-refractivity contribution < 1.29 is 9.53 Å². The molecular formula is C14H21ClO2S. The number of carbonyl (C=O) groups is 1. The summed E-state index contributed by atoms with van der Waals surface area (Å²) in [5.41, 5.74) is -0.460. The third-order valence-corrected chi connectivity index (χ3v) is 4.05. The highest BCUT2D eigenvalue weighted by molar-refractivity contribution is 7.16. The van der Waals surface area contributed by atoms with E-state index in [-0.39, 0.29) is 5.97 Å². The van der Waals surface area contributed by atoms with Crippen LogP contribution in [0.2, 0.25) is 4.34 Å². The molecule has 1 heterocycles. The van der Waals surface area contributed by atoms with E-state index in [1.165, 1.54) is 11.3 Å². The van der Waals surface area contributed by atoms with E-state index in [2.05, 4.69) is 13.8 Å². The van der Waals surface area contributed by atoms with Crippen LogP contribution in [0, 0.1) is 11.3 Å². The molecule has 0 aliphatic rings. The zero-order valence-electron chi connectivity index (χ0n) is 11.5. The minimum atomic E-state index is -0.460. The molecule has 1 rings (SSSR count). The zero-order valence-corrected chi connectivity index (χ0v) is 13.0. The molecule has 0 saturated heterocycles. The summed E-state index contributed by atoms with van der Waals surface area (Å²) >= 11 is 7.47. The van der Waals surface area contributed by atoms with Crippen LogP contribution in [-0.2, 0) is 16.0 Å². The number of ether oxygens (including phenoxy) is 1. The Morgan fingerprint density at radius 1 is 1.50 bits per heavy atom. The molecule has 0 radical (unpaired) electrons. The maximum Gasteiger partial charge on any atom is 0.312 e. The van der Waals surface area contributed by atoms with Gasteiger partial charge < -0.3 is 4.74 Å². The Hall–Kier alpha value is -0.540. The predicted octanol–water partition coefficient (Wildman–Crippen LogP) is 4.56. The minimum Gasteiger partial charge on any atom is -0.466 e. The third kappa shape index (κ3) is 4.29. The molecule has 2 nitrogen and oxygen atoms in total. The third-order valence-electron chi connectivity index (χ3n) is 2.82. The smallest absolute Gasteiger partial charge is 0.312 e. The molecule has 1 aromatic rings. The number of rotatable bonds is 6. The van der Waals surface area contributed by atoms with E-state index in [9.17, 15) is 4.79 Å². The first-order valence-electron chi connectivity index (χ1n) is 6.29. The average Bonchev–Trinajstić information content (AvgIpc) is 2.62. The van der Waals surface area contributed by atoms with Gasteiger partial charge in [-0.15, -0.1) is 11.3 Å². The molecule has 0 aromatic carbocycles. The van der Waals surface area contributed by atoms with Crippen LogP contribution in [0.15, 0.2) is 12.1 Å². The molecule has 0 fully saturated rings. The molecule has 18 heavy (non-hydrogen) atoms. The Morgan fingerprint density at radius 2 is 2.17 bits per heavy atom. The molecule has 0 saturated carbocycles. The maximum absolute atomic E-state index is 12.2. The molecule has 1 aromatic heterocycles. The largest absolute Gasteiger partial charge is 0.466 e. The number of thiophene rings is 1. The molecule has 102 valence electrons. The molecular weight excluding hydrogens is 268 g/mol. The van der Waals surface area contributed by atoms with Gasteiger partial charge in [0.1, 0.15) is 0 Å². The topological polar surface area (TPSA) is 26.3 Å². The van der Waals surface area contributed by atoms with Crippen LogP contribution in [-0.4, -0.2) is 12.6 Å². The summed E-state index contributed by atoms with van der Waals surface area (Å²) in [6.07, 6.45) is 1.52. The van der Waals surface area contributed by atoms with E-state index >= 15 is 0 Å². The van der Waals surface area contributed by atoms with Crippen molar-refractivity contribution in [2.45, 2.75) is 40.5 Å². The van der Waals surface area contributed by atoms with Crippen LogP contribution in [0.25, 0.3) is 0 Å². The van der Waals surface area contributed by atoms with E-state index in [0.29, 0.717) is 18.9 Å². The lowest BCUT2D eigenvalue weighted by molar-refractivity contribution is -0.155. The Morgan fingerprint density at radius 3 is 2.61 bits per heavy atom. The fraction of sp³-hybridized carbons (Fsp3) is 0.643. The van der Waals surface area contributed by atoms with Gasteiger partial charge in [0.25, 0.3) is 0 Å². The van der Waals surface area contributed by atoms with Gasteiger partial charge in [-0.25, -0.2) is 0 Å². The van der Waals surface area contributed by atoms with Crippen molar-refractivity contribution in [1.82, 2.24) is 0 Å². The van der Waals surface area contributed by atoms with Gasteiger partial charge in [0.05, 0.1) is 16.4 Å². The fourth-order valence-electron chi connectivity index (χ4n) is 2.27. The summed E-state index contributed by atoms with van der Waals surface area (Å²) in [4.78, 5) is 13.3. The van der Waals surface area contributed by atoms with Crippen LogP contribution >= 0.6 is 22.9 Å². The molecule has 0 aliphatic carbocycles. The van der Waals surface area contributed by atoms with E-state index in [0.717, 1.165) is 15.6 Å². The van der Waals surface area contributed by atoms with Crippen molar-refractivity contribution in [3.05, 3.63) is 21.3 Å². The second kappa shape index (κ2) is 6.58. The quantitative estimate of drug-likeness (QED) is 0.717. The summed E-state index contributed by atoms with van der Waals surface area (Å²) in [6, 6.07) is 3.87. The summed E-state index contributed by atoms with van der Waals surface area (Å²) < 4.78 is 5.98. The second-order valence-corrected chi connectivity index (χ2v) is 7.06. The number of halogens is 1. The SMILES string of the molecule is CCOC(=O)C(C)(Cc1ccc(Cl)s1)CC(C)C. The summed E-state index contributed by atoms with van der Waals surface area (Å²) in [7, 11) is 0. The Labute approximate surface area is 118 Å². The number of hydrogen-bond acceptors (Lipinski definition) is 3. The highest BCUT2D eigenvalue weighted by Crippen LogP contribution is 2.35. The maximum atomic E-state index is 12.2. The molecule has 0 spiro atoms. The predicted molar refractivity (Wildman–Crippen MR) is 77.2 cm³/mol. The lowest BCUT2D eigenvalue weighted by atomic mass is 9.79. The van der Waals surface area contributed by atoms with Crippen LogP contribution in [0.4, 0.5) is 0 Å². The highest BCUT2D eigenvalue weighted by Gasteiger charge is 2.36. The van der Waals surface area contributed by atoms with Crippen molar-refractivity contribution in [2.75, 3.05) is 6.61 Å². The van der Waals surface area contributed by atoms with Gasteiger partial charge in [-0.2, -0.15) is 0 Å². The van der Waals surface area contributed by atoms with Gasteiger partial charge in [0.2, 0.25) is 0 Å². The van der Waals surface area contributed by atoms with Gasteiger partial charge in [0, 0.05) is 4.88 Å². The van der Waals surface area contributed by atoms with Crippen molar-refractivity contribution in [3.8, 4) is 0 Å². The normalized spacial score (nSPS) is 14.6. The fourth-order valence-corrected chi connectivity index (χ4v) is 3.54. The zero-order chi connectivity index (χ0) is 13.8. The van der Waals surface area contributed by atoms with Gasteiger partial charge in [-0.05, 0) is 44.7 Å². The molecule has 0 N–H and O–H groups in total. The number of esters is 1. The van der Waals surface area contributed by atoms with Gasteiger partial charge in [-0.1, -0.05) is 25.4 Å². The van der Waals surface area contributed by atoms with Crippen LogP contribution in [0.5, 0.6) is 0 Å².